The first-order valence-electron chi connectivity index (χ1n) is 6.34. The molecule has 2 aromatic rings. The number of nitrogens with one attached hydrogen (secondary N) is 1. The summed E-state index contributed by atoms with van der Waals surface area (Å²) in [5.74, 6) is 0.324. The Morgan fingerprint density at radius 1 is 1.18 bits per heavy atom. The third-order valence-corrected chi connectivity index (χ3v) is 3.56. The quantitative estimate of drug-likeness (QED) is 0.850. The molecule has 0 saturated carbocycles. The molecule has 0 atom stereocenters. The molecule has 3 nitrogen and oxygen atoms in total. The van der Waals surface area contributed by atoms with E-state index in [-0.39, 0.29) is 0 Å². The number of phenols is 1. The molecule has 2 heterocycles. The van der Waals surface area contributed by atoms with Crippen molar-refractivity contribution in [1.29, 1.82) is 0 Å². The smallest absolute Gasteiger partial charge is 0.117 e. The molecule has 0 amide bonds. The maximum Gasteiger partial charge on any atom is 0.117 e. The Bertz CT molecular complexity index is 512. The van der Waals surface area contributed by atoms with Crippen molar-refractivity contribution < 1.29 is 5.11 Å². The number of likely N-dealkylation sites (tertiary alicyclic amines) is 1. The van der Waals surface area contributed by atoms with Crippen molar-refractivity contribution in [3.05, 3.63) is 30.0 Å². The molecule has 0 bridgehead atoms. The maximum absolute atomic E-state index is 9.41. The van der Waals surface area contributed by atoms with Gasteiger partial charge in [-0.1, -0.05) is 0 Å². The summed E-state index contributed by atoms with van der Waals surface area (Å²) in [4.78, 5) is 5.89. The van der Waals surface area contributed by atoms with Crippen molar-refractivity contribution in [2.75, 3.05) is 19.6 Å². The highest BCUT2D eigenvalue weighted by molar-refractivity contribution is 5.81. The Hall–Kier alpha value is -1.48. The van der Waals surface area contributed by atoms with Crippen LogP contribution in [0.3, 0.4) is 0 Å². The second-order valence-corrected chi connectivity index (χ2v) is 4.86. The van der Waals surface area contributed by atoms with Crippen LogP contribution < -0.4 is 0 Å². The summed E-state index contributed by atoms with van der Waals surface area (Å²) in [6, 6.07) is 7.67. The van der Waals surface area contributed by atoms with Crippen LogP contribution in [0.5, 0.6) is 5.75 Å². The van der Waals surface area contributed by atoms with Gasteiger partial charge in [0.2, 0.25) is 0 Å². The second kappa shape index (κ2) is 4.41. The number of rotatable bonds is 3. The number of nitrogens with zero attached hydrogens (tertiary/aromatic N) is 1. The molecule has 0 radical (unpaired) electrons. The van der Waals surface area contributed by atoms with Gasteiger partial charge < -0.3 is 15.0 Å². The maximum atomic E-state index is 9.41. The van der Waals surface area contributed by atoms with Crippen molar-refractivity contribution in [1.82, 2.24) is 9.88 Å². The van der Waals surface area contributed by atoms with Crippen LogP contribution in [0.25, 0.3) is 10.9 Å². The normalized spacial score (nSPS) is 16.9. The lowest BCUT2D eigenvalue weighted by Gasteiger charge is -2.13. The third-order valence-electron chi connectivity index (χ3n) is 3.56. The zero-order valence-electron chi connectivity index (χ0n) is 9.95. The van der Waals surface area contributed by atoms with Gasteiger partial charge in [-0.05, 0) is 49.5 Å². The summed E-state index contributed by atoms with van der Waals surface area (Å²) in [7, 11) is 0. The molecule has 17 heavy (non-hydrogen) atoms. The van der Waals surface area contributed by atoms with E-state index in [4.69, 9.17) is 0 Å². The first kappa shape index (κ1) is 10.7. The van der Waals surface area contributed by atoms with Crippen LogP contribution in [0.1, 0.15) is 18.5 Å². The Morgan fingerprint density at radius 2 is 2.00 bits per heavy atom. The fraction of sp³-hybridized carbons (Fsp3) is 0.429. The molecule has 1 aromatic carbocycles. The summed E-state index contributed by atoms with van der Waals surface area (Å²) >= 11 is 0. The molecule has 0 spiro atoms. The zero-order chi connectivity index (χ0) is 11.7. The molecular weight excluding hydrogens is 212 g/mol. The van der Waals surface area contributed by atoms with Crippen LogP contribution in [0, 0.1) is 0 Å². The van der Waals surface area contributed by atoms with Crippen LogP contribution in [0.4, 0.5) is 0 Å². The number of fused-ring (bicyclic) bond motifs is 1. The van der Waals surface area contributed by atoms with E-state index in [1.165, 1.54) is 37.0 Å². The molecule has 1 aliphatic rings. The minimum Gasteiger partial charge on any atom is -0.508 e. The van der Waals surface area contributed by atoms with Crippen molar-refractivity contribution >= 4 is 10.9 Å². The SMILES string of the molecule is Oc1ccc2cc(CCN3CCCC3)[nH]c2c1. The largest absolute Gasteiger partial charge is 0.508 e. The van der Waals surface area contributed by atoms with Gasteiger partial charge in [-0.2, -0.15) is 0 Å². The highest BCUT2D eigenvalue weighted by Gasteiger charge is 2.11. The van der Waals surface area contributed by atoms with Crippen molar-refractivity contribution in [2.45, 2.75) is 19.3 Å². The van der Waals surface area contributed by atoms with E-state index in [1.54, 1.807) is 12.1 Å². The Morgan fingerprint density at radius 3 is 2.82 bits per heavy atom. The number of benzene rings is 1. The Kier molecular flexibility index (Phi) is 2.77. The number of hydrogen-bond acceptors (Lipinski definition) is 2. The lowest BCUT2D eigenvalue weighted by molar-refractivity contribution is 0.342. The molecule has 2 N–H and O–H groups in total. The first-order chi connectivity index (χ1) is 8.31. The Labute approximate surface area is 101 Å². The zero-order valence-corrected chi connectivity index (χ0v) is 9.95. The number of phenolic OH excluding ortho intramolecular Hbond substituents is 1. The molecule has 1 saturated heterocycles. The molecule has 1 fully saturated rings. The second-order valence-electron chi connectivity index (χ2n) is 4.86. The minimum absolute atomic E-state index is 0.324. The van der Waals surface area contributed by atoms with E-state index in [1.807, 2.05) is 6.07 Å². The van der Waals surface area contributed by atoms with Crippen molar-refractivity contribution in [3.8, 4) is 5.75 Å². The molecule has 1 aliphatic heterocycles. The molecule has 0 aliphatic carbocycles. The average Bonchev–Trinajstić information content (AvgIpc) is 2.94. The molecule has 3 heteroatoms. The van der Waals surface area contributed by atoms with E-state index in [9.17, 15) is 5.11 Å². The predicted molar refractivity (Wildman–Crippen MR) is 69.3 cm³/mol. The van der Waals surface area contributed by atoms with Crippen LogP contribution in [0.15, 0.2) is 24.3 Å². The summed E-state index contributed by atoms with van der Waals surface area (Å²) in [5.41, 5.74) is 2.29. The van der Waals surface area contributed by atoms with E-state index >= 15 is 0 Å². The lowest BCUT2D eigenvalue weighted by Crippen LogP contribution is -2.21. The summed E-state index contributed by atoms with van der Waals surface area (Å²) < 4.78 is 0. The fourth-order valence-electron chi connectivity index (χ4n) is 2.59. The molecular formula is C14H18N2O. The van der Waals surface area contributed by atoms with Crippen molar-refractivity contribution in [2.24, 2.45) is 0 Å². The predicted octanol–water partition coefficient (Wildman–Crippen LogP) is 2.51. The van der Waals surface area contributed by atoms with Crippen LogP contribution in [0.2, 0.25) is 0 Å². The highest BCUT2D eigenvalue weighted by atomic mass is 16.3. The lowest BCUT2D eigenvalue weighted by atomic mass is 10.2. The van der Waals surface area contributed by atoms with E-state index < -0.39 is 0 Å². The number of hydrogen-bond donors (Lipinski definition) is 2. The van der Waals surface area contributed by atoms with Crippen LogP contribution >= 0.6 is 0 Å². The monoisotopic (exact) mass is 230 g/mol. The first-order valence-corrected chi connectivity index (χ1v) is 6.34. The van der Waals surface area contributed by atoms with E-state index in [0.29, 0.717) is 5.75 Å². The average molecular weight is 230 g/mol. The van der Waals surface area contributed by atoms with Gasteiger partial charge in [0.1, 0.15) is 5.75 Å². The number of aromatic amines is 1. The van der Waals surface area contributed by atoms with Crippen molar-refractivity contribution in [3.63, 3.8) is 0 Å². The van der Waals surface area contributed by atoms with Gasteiger partial charge in [-0.3, -0.25) is 0 Å². The van der Waals surface area contributed by atoms with Gasteiger partial charge in [0.15, 0.2) is 0 Å². The van der Waals surface area contributed by atoms with Gasteiger partial charge >= 0.3 is 0 Å². The van der Waals surface area contributed by atoms with Crippen LogP contribution in [-0.4, -0.2) is 34.6 Å². The van der Waals surface area contributed by atoms with Crippen LogP contribution in [-0.2, 0) is 6.42 Å². The van der Waals surface area contributed by atoms with E-state index in [2.05, 4.69) is 16.0 Å². The summed E-state index contributed by atoms with van der Waals surface area (Å²) in [6.07, 6.45) is 3.76. The minimum atomic E-state index is 0.324. The Balaban J connectivity index is 1.72. The number of aromatic hydroxyl groups is 1. The molecule has 3 rings (SSSR count). The summed E-state index contributed by atoms with van der Waals surface area (Å²) in [5, 5.41) is 10.6. The van der Waals surface area contributed by atoms with E-state index in [0.717, 1.165) is 18.5 Å². The van der Waals surface area contributed by atoms with Gasteiger partial charge in [-0.15, -0.1) is 0 Å². The standard InChI is InChI=1S/C14H18N2O/c17-13-4-3-11-9-12(15-14(11)10-13)5-8-16-6-1-2-7-16/h3-4,9-10,15,17H,1-2,5-8H2. The van der Waals surface area contributed by atoms with Gasteiger partial charge in [0.05, 0.1) is 0 Å². The number of aromatic nitrogens is 1. The van der Waals surface area contributed by atoms with Gasteiger partial charge in [0, 0.05) is 30.2 Å². The summed E-state index contributed by atoms with van der Waals surface area (Å²) in [6.45, 7) is 3.64. The molecule has 0 unspecified atom stereocenters. The van der Waals surface area contributed by atoms with Gasteiger partial charge in [-0.25, -0.2) is 0 Å². The van der Waals surface area contributed by atoms with Gasteiger partial charge in [0.25, 0.3) is 0 Å². The molecule has 90 valence electrons. The molecule has 1 aromatic heterocycles. The third kappa shape index (κ3) is 2.29. The topological polar surface area (TPSA) is 39.3 Å². The number of H-pyrrole nitrogens is 1. The fourth-order valence-corrected chi connectivity index (χ4v) is 2.59. The highest BCUT2D eigenvalue weighted by Crippen LogP contribution is 2.21.